The van der Waals surface area contributed by atoms with Crippen LogP contribution in [0.5, 0.6) is 5.75 Å². The van der Waals surface area contributed by atoms with Crippen molar-refractivity contribution in [1.82, 2.24) is 15.3 Å². The first kappa shape index (κ1) is 18.9. The van der Waals surface area contributed by atoms with Crippen molar-refractivity contribution in [2.45, 2.75) is 19.4 Å². The van der Waals surface area contributed by atoms with E-state index in [4.69, 9.17) is 33.7 Å². The molecular weight excluding hydrogens is 371 g/mol. The number of nitrogens with one attached hydrogen (secondary N) is 3. The highest BCUT2D eigenvalue weighted by molar-refractivity contribution is 6.37. The van der Waals surface area contributed by atoms with Gasteiger partial charge in [0, 0.05) is 12.5 Å². The van der Waals surface area contributed by atoms with E-state index in [0.717, 1.165) is 0 Å². The fraction of sp³-hybridized carbons (Fsp3) is 0.267. The Morgan fingerprint density at radius 3 is 2.56 bits per heavy atom. The number of hydrogen-bond donors (Lipinski definition) is 4. The average Bonchev–Trinajstić information content (AvgIpc) is 2.53. The number of carbonyl (C=O) groups is 1. The van der Waals surface area contributed by atoms with Crippen molar-refractivity contribution in [1.29, 1.82) is 0 Å². The summed E-state index contributed by atoms with van der Waals surface area (Å²) in [6.07, 6.45) is 0.431. The lowest BCUT2D eigenvalue weighted by Crippen LogP contribution is -2.38. The molecule has 0 aliphatic rings. The molecule has 0 radical (unpaired) electrons. The lowest BCUT2D eigenvalue weighted by molar-refractivity contribution is 0.0930. The first-order chi connectivity index (χ1) is 11.8. The molecule has 1 aromatic heterocycles. The molecule has 0 saturated carbocycles. The minimum absolute atomic E-state index is 0.242. The molecule has 2 rings (SSSR count). The molecule has 0 saturated heterocycles. The number of anilines is 1. The second-order valence-electron chi connectivity index (χ2n) is 5.26. The van der Waals surface area contributed by atoms with E-state index in [1.807, 2.05) is 4.98 Å². The number of H-pyrrole nitrogens is 2. The van der Waals surface area contributed by atoms with Gasteiger partial charge in [0.2, 0.25) is 0 Å². The van der Waals surface area contributed by atoms with Crippen LogP contribution in [0, 0.1) is 0 Å². The minimum Gasteiger partial charge on any atom is -0.490 e. The summed E-state index contributed by atoms with van der Waals surface area (Å²) >= 11 is 12.0. The summed E-state index contributed by atoms with van der Waals surface area (Å²) < 4.78 is 5.53. The molecule has 0 fully saturated rings. The van der Waals surface area contributed by atoms with Crippen LogP contribution in [-0.4, -0.2) is 28.5 Å². The highest BCUT2D eigenvalue weighted by atomic mass is 35.5. The molecular formula is C15H16Cl2N4O4. The number of nitrogens with two attached hydrogens (primary N) is 1. The Hall–Kier alpha value is -2.45. The zero-order chi connectivity index (χ0) is 18.6. The summed E-state index contributed by atoms with van der Waals surface area (Å²) in [5.74, 6) is -0.295. The molecule has 5 N–H and O–H groups in total. The molecule has 1 unspecified atom stereocenters. The quantitative estimate of drug-likeness (QED) is 0.597. The predicted molar refractivity (Wildman–Crippen MR) is 95.6 cm³/mol. The van der Waals surface area contributed by atoms with E-state index in [2.05, 4.69) is 10.3 Å². The standard InChI is InChI=1S/C15H16Cl2N4O4/c1-7(5-6-25-12-8(16)3-2-4-9(12)17)19-14(23)11-10(18)13(22)21-15(24)20-11/h2-4,7H,5-6,18H2,1H3,(H,19,23)(H2,20,21,22,24). The third-order valence-electron chi connectivity index (χ3n) is 3.30. The molecule has 0 aliphatic heterocycles. The van der Waals surface area contributed by atoms with Gasteiger partial charge in [-0.15, -0.1) is 0 Å². The molecule has 0 bridgehead atoms. The van der Waals surface area contributed by atoms with Crippen molar-refractivity contribution in [2.75, 3.05) is 12.3 Å². The zero-order valence-electron chi connectivity index (χ0n) is 13.2. The number of aromatic amines is 2. The third kappa shape index (κ3) is 4.77. The molecule has 1 aromatic carbocycles. The third-order valence-corrected chi connectivity index (χ3v) is 3.90. The summed E-state index contributed by atoms with van der Waals surface area (Å²) in [6, 6.07) is 4.68. The molecule has 0 spiro atoms. The Bertz CT molecular complexity index is 874. The van der Waals surface area contributed by atoms with Crippen molar-refractivity contribution >= 4 is 34.8 Å². The largest absolute Gasteiger partial charge is 0.490 e. The average molecular weight is 387 g/mol. The normalized spacial score (nSPS) is 11.8. The van der Waals surface area contributed by atoms with Crippen LogP contribution in [0.1, 0.15) is 23.8 Å². The van der Waals surface area contributed by atoms with Gasteiger partial charge in [0.15, 0.2) is 5.75 Å². The van der Waals surface area contributed by atoms with Gasteiger partial charge in [-0.1, -0.05) is 29.3 Å². The molecule has 1 heterocycles. The molecule has 10 heteroatoms. The molecule has 134 valence electrons. The highest BCUT2D eigenvalue weighted by Gasteiger charge is 2.16. The number of benzene rings is 1. The van der Waals surface area contributed by atoms with E-state index < -0.39 is 17.2 Å². The molecule has 0 aliphatic carbocycles. The molecule has 2 aromatic rings. The number of ether oxygens (including phenoxy) is 1. The van der Waals surface area contributed by atoms with Crippen LogP contribution in [0.25, 0.3) is 0 Å². The Morgan fingerprint density at radius 2 is 1.92 bits per heavy atom. The predicted octanol–water partition coefficient (Wildman–Crippen LogP) is 1.54. The van der Waals surface area contributed by atoms with Gasteiger partial charge in [-0.05, 0) is 19.1 Å². The van der Waals surface area contributed by atoms with E-state index in [0.29, 0.717) is 22.2 Å². The molecule has 1 atom stereocenters. The number of hydrogen-bond acceptors (Lipinski definition) is 5. The number of nitrogen functional groups attached to an aromatic ring is 1. The highest BCUT2D eigenvalue weighted by Crippen LogP contribution is 2.32. The number of para-hydroxylation sites is 1. The smallest absolute Gasteiger partial charge is 0.326 e. The van der Waals surface area contributed by atoms with Crippen molar-refractivity contribution in [3.05, 3.63) is 54.8 Å². The van der Waals surface area contributed by atoms with E-state index in [-0.39, 0.29) is 24.0 Å². The van der Waals surface area contributed by atoms with Crippen LogP contribution in [0.4, 0.5) is 5.69 Å². The van der Waals surface area contributed by atoms with Gasteiger partial charge < -0.3 is 20.8 Å². The number of halogens is 2. The summed E-state index contributed by atoms with van der Waals surface area (Å²) in [5, 5.41) is 3.39. The Morgan fingerprint density at radius 1 is 1.28 bits per heavy atom. The van der Waals surface area contributed by atoms with E-state index in [1.54, 1.807) is 25.1 Å². The molecule has 25 heavy (non-hydrogen) atoms. The van der Waals surface area contributed by atoms with Gasteiger partial charge in [0.05, 0.1) is 16.7 Å². The van der Waals surface area contributed by atoms with Gasteiger partial charge in [0.25, 0.3) is 11.5 Å². The summed E-state index contributed by atoms with van der Waals surface area (Å²) in [5.41, 5.74) is 3.24. The van der Waals surface area contributed by atoms with Crippen LogP contribution in [0.15, 0.2) is 27.8 Å². The van der Waals surface area contributed by atoms with Gasteiger partial charge in [-0.2, -0.15) is 0 Å². The van der Waals surface area contributed by atoms with E-state index in [1.165, 1.54) is 0 Å². The molecule has 8 nitrogen and oxygen atoms in total. The zero-order valence-corrected chi connectivity index (χ0v) is 14.7. The fourth-order valence-electron chi connectivity index (χ4n) is 2.00. The van der Waals surface area contributed by atoms with Crippen molar-refractivity contribution < 1.29 is 9.53 Å². The Kier molecular flexibility index (Phi) is 6.11. The van der Waals surface area contributed by atoms with Gasteiger partial charge in [0.1, 0.15) is 11.4 Å². The monoisotopic (exact) mass is 386 g/mol. The van der Waals surface area contributed by atoms with Crippen LogP contribution < -0.4 is 27.0 Å². The maximum atomic E-state index is 12.1. The Labute approximate surface area is 152 Å². The second kappa shape index (κ2) is 8.09. The summed E-state index contributed by atoms with van der Waals surface area (Å²) in [7, 11) is 0. The van der Waals surface area contributed by atoms with Gasteiger partial charge in [-0.25, -0.2) is 4.79 Å². The first-order valence-electron chi connectivity index (χ1n) is 7.29. The number of rotatable bonds is 6. The fourth-order valence-corrected chi connectivity index (χ4v) is 2.51. The second-order valence-corrected chi connectivity index (χ2v) is 6.07. The number of aromatic nitrogens is 2. The lowest BCUT2D eigenvalue weighted by atomic mass is 10.2. The van der Waals surface area contributed by atoms with Crippen molar-refractivity contribution in [2.24, 2.45) is 0 Å². The van der Waals surface area contributed by atoms with E-state index in [9.17, 15) is 14.4 Å². The van der Waals surface area contributed by atoms with Gasteiger partial charge in [-0.3, -0.25) is 14.6 Å². The number of carbonyl (C=O) groups excluding carboxylic acids is 1. The SMILES string of the molecule is CC(CCOc1c(Cl)cccc1Cl)NC(=O)c1[nH]c(=O)[nH]c(=O)c1N. The summed E-state index contributed by atoms with van der Waals surface area (Å²) in [4.78, 5) is 38.9. The van der Waals surface area contributed by atoms with Gasteiger partial charge >= 0.3 is 5.69 Å². The van der Waals surface area contributed by atoms with E-state index >= 15 is 0 Å². The molecule has 1 amide bonds. The van der Waals surface area contributed by atoms with Crippen LogP contribution in [0.2, 0.25) is 10.0 Å². The van der Waals surface area contributed by atoms with Crippen LogP contribution in [0.3, 0.4) is 0 Å². The van der Waals surface area contributed by atoms with Crippen LogP contribution >= 0.6 is 23.2 Å². The van der Waals surface area contributed by atoms with Crippen LogP contribution in [-0.2, 0) is 0 Å². The van der Waals surface area contributed by atoms with Crippen molar-refractivity contribution in [3.8, 4) is 5.75 Å². The first-order valence-corrected chi connectivity index (χ1v) is 8.05. The number of amides is 1. The van der Waals surface area contributed by atoms with Crippen molar-refractivity contribution in [3.63, 3.8) is 0 Å². The minimum atomic E-state index is -0.821. The topological polar surface area (TPSA) is 130 Å². The Balaban J connectivity index is 1.94. The lowest BCUT2D eigenvalue weighted by Gasteiger charge is -2.15. The maximum absolute atomic E-state index is 12.1. The summed E-state index contributed by atoms with van der Waals surface area (Å²) in [6.45, 7) is 1.98. The maximum Gasteiger partial charge on any atom is 0.326 e.